The van der Waals surface area contributed by atoms with E-state index in [1.54, 1.807) is 63.7 Å². The normalized spacial score (nSPS) is 22.1. The lowest BCUT2D eigenvalue weighted by Crippen LogP contribution is -2.58. The number of fused-ring (bicyclic) bond motifs is 2. The number of hydrogen-bond acceptors (Lipinski definition) is 10. The average molecular weight is 867 g/mol. The first-order chi connectivity index (χ1) is 29.5. The number of carbonyl (C=O) groups excluding carboxylic acids is 4. The van der Waals surface area contributed by atoms with Gasteiger partial charge in [0.2, 0.25) is 23.6 Å². The second-order valence-corrected chi connectivity index (χ2v) is 16.5. The fraction of sp³-hybridized carbons (Fsp3) is 0.545. The van der Waals surface area contributed by atoms with E-state index < -0.39 is 95.9 Å². The Hall–Kier alpha value is -4.98. The Labute approximate surface area is 359 Å². The standard InChI is InChI=1S/C44H60F2N8O8/c1-21(47-5)41(57)51-37(23(3)61-7)43(59)53-15-13-35(55)33(53)19-29-27-11-9-25(45)17-31(27)49-39(29)40-30(28-12-10-26(46)18-32(28)50-40)20-34-36(56)14-16-54(34)44(60)38(24(4)62-8)52-42(58)22(2)48-6/h9-12,17-18,21-24,33-38,47-50,55-56H,13-16,19-20H2,1-8H3,(H,51,57)(H,52,58)/t21-,22-,23?,24?,33+,34+,35-,36-,37-,38-/m0/s1. The number of ether oxygens (including phenoxy) is 2. The lowest BCUT2D eigenvalue weighted by molar-refractivity contribution is -0.142. The molecule has 4 amide bonds. The summed E-state index contributed by atoms with van der Waals surface area (Å²) in [6.45, 7) is 7.07. The molecule has 338 valence electrons. The molecular formula is C44H60F2N8O8. The molecule has 2 fully saturated rings. The smallest absolute Gasteiger partial charge is 0.248 e. The number of nitrogens with zero attached hydrogens (tertiary/aromatic N) is 2. The number of benzene rings is 2. The Morgan fingerprint density at radius 1 is 0.694 bits per heavy atom. The molecule has 62 heavy (non-hydrogen) atoms. The number of halogens is 2. The van der Waals surface area contributed by atoms with E-state index in [1.807, 2.05) is 0 Å². The molecule has 0 radical (unpaired) electrons. The van der Waals surface area contributed by atoms with E-state index in [-0.39, 0.29) is 38.8 Å². The summed E-state index contributed by atoms with van der Waals surface area (Å²) in [5.41, 5.74) is 3.05. The van der Waals surface area contributed by atoms with Crippen molar-refractivity contribution in [2.75, 3.05) is 41.4 Å². The number of aliphatic hydroxyl groups is 2. The second kappa shape index (κ2) is 19.6. The van der Waals surface area contributed by atoms with Crippen molar-refractivity contribution in [3.8, 4) is 11.4 Å². The highest BCUT2D eigenvalue weighted by atomic mass is 19.1. The Kier molecular flexibility index (Phi) is 14.7. The first-order valence-electron chi connectivity index (χ1n) is 21.1. The van der Waals surface area contributed by atoms with Crippen LogP contribution in [-0.2, 0) is 41.5 Å². The minimum absolute atomic E-state index is 0.0873. The van der Waals surface area contributed by atoms with E-state index in [4.69, 9.17) is 9.47 Å². The molecule has 2 aliphatic heterocycles. The molecule has 2 aliphatic rings. The third-order valence-corrected chi connectivity index (χ3v) is 12.9. The molecule has 0 saturated carbocycles. The molecule has 4 heterocycles. The molecule has 0 spiro atoms. The van der Waals surface area contributed by atoms with Gasteiger partial charge in [-0.3, -0.25) is 19.2 Å². The molecule has 8 N–H and O–H groups in total. The Morgan fingerprint density at radius 3 is 1.40 bits per heavy atom. The van der Waals surface area contributed by atoms with Crippen LogP contribution in [0.5, 0.6) is 0 Å². The molecule has 0 aliphatic carbocycles. The number of H-pyrrole nitrogens is 2. The summed E-state index contributed by atoms with van der Waals surface area (Å²) < 4.78 is 40.9. The number of carbonyl (C=O) groups is 4. The quantitative estimate of drug-likeness (QED) is 0.0772. The van der Waals surface area contributed by atoms with Gasteiger partial charge in [-0.2, -0.15) is 0 Å². The number of hydrogen-bond donors (Lipinski definition) is 8. The molecule has 2 saturated heterocycles. The number of aliphatic hydroxyl groups excluding tert-OH is 2. The fourth-order valence-corrected chi connectivity index (χ4v) is 8.65. The maximum absolute atomic E-state index is 14.9. The van der Waals surface area contributed by atoms with E-state index in [2.05, 4.69) is 31.2 Å². The van der Waals surface area contributed by atoms with Crippen LogP contribution >= 0.6 is 0 Å². The highest BCUT2D eigenvalue weighted by Gasteiger charge is 2.44. The van der Waals surface area contributed by atoms with Crippen molar-refractivity contribution in [3.05, 3.63) is 59.2 Å². The zero-order chi connectivity index (χ0) is 45.2. The molecule has 6 rings (SSSR count). The number of aromatic nitrogens is 2. The van der Waals surface area contributed by atoms with Gasteiger partial charge in [-0.15, -0.1) is 0 Å². The summed E-state index contributed by atoms with van der Waals surface area (Å²) >= 11 is 0. The third-order valence-electron chi connectivity index (χ3n) is 12.9. The van der Waals surface area contributed by atoms with Gasteiger partial charge < -0.3 is 60.7 Å². The van der Waals surface area contributed by atoms with Crippen molar-refractivity contribution in [2.45, 2.75) is 114 Å². The van der Waals surface area contributed by atoms with Crippen molar-refractivity contribution in [1.82, 2.24) is 41.0 Å². The summed E-state index contributed by atoms with van der Waals surface area (Å²) in [7, 11) is 6.15. The molecule has 18 heteroatoms. The van der Waals surface area contributed by atoms with Gasteiger partial charge in [-0.05, 0) is 115 Å². The summed E-state index contributed by atoms with van der Waals surface area (Å²) in [6, 6.07) is 3.65. The maximum atomic E-state index is 14.9. The summed E-state index contributed by atoms with van der Waals surface area (Å²) in [6.07, 6.45) is -2.67. The monoisotopic (exact) mass is 866 g/mol. The van der Waals surface area contributed by atoms with Crippen molar-refractivity contribution in [2.24, 2.45) is 0 Å². The lowest BCUT2D eigenvalue weighted by Gasteiger charge is -2.33. The van der Waals surface area contributed by atoms with Crippen molar-refractivity contribution >= 4 is 45.4 Å². The average Bonchev–Trinajstić information content (AvgIpc) is 4.02. The third kappa shape index (κ3) is 9.35. The van der Waals surface area contributed by atoms with Crippen LogP contribution in [-0.4, -0.2) is 156 Å². The number of amides is 4. The van der Waals surface area contributed by atoms with Crippen LogP contribution in [0.3, 0.4) is 0 Å². The number of aromatic amines is 2. The summed E-state index contributed by atoms with van der Waals surface area (Å²) in [4.78, 5) is 64.6. The number of likely N-dealkylation sites (tertiary alicyclic amines) is 2. The second-order valence-electron chi connectivity index (χ2n) is 16.5. The van der Waals surface area contributed by atoms with Gasteiger partial charge in [0, 0.05) is 49.1 Å². The lowest BCUT2D eigenvalue weighted by atomic mass is 9.93. The van der Waals surface area contributed by atoms with Crippen molar-refractivity contribution in [1.29, 1.82) is 0 Å². The first-order valence-corrected chi connectivity index (χ1v) is 21.1. The maximum Gasteiger partial charge on any atom is 0.248 e. The topological polar surface area (TPSA) is 213 Å². The van der Waals surface area contributed by atoms with Gasteiger partial charge in [0.25, 0.3) is 0 Å². The SMILES string of the molecule is CN[C@@H](C)C(=O)N[C@H](C(=O)N1CC[C@H](O)[C@H]1Cc1c(-c2[nH]c3cc(F)ccc3c2C[C@@H]2[C@@H](O)CCN2C(=O)[C@@H](NC(=O)[C@H](C)NC)C(C)OC)[nH]c2cc(F)ccc12)C(C)OC. The molecule has 16 nitrogen and oxygen atoms in total. The highest BCUT2D eigenvalue weighted by Crippen LogP contribution is 2.40. The van der Waals surface area contributed by atoms with Crippen LogP contribution in [0.2, 0.25) is 0 Å². The van der Waals surface area contributed by atoms with Gasteiger partial charge in [-0.1, -0.05) is 0 Å². The minimum atomic E-state index is -1.07. The number of rotatable bonds is 17. The zero-order valence-corrected chi connectivity index (χ0v) is 36.5. The molecule has 2 aromatic heterocycles. The van der Waals surface area contributed by atoms with Crippen LogP contribution in [0, 0.1) is 11.6 Å². The van der Waals surface area contributed by atoms with Crippen LogP contribution in [0.15, 0.2) is 36.4 Å². The molecule has 4 aromatic rings. The van der Waals surface area contributed by atoms with Crippen LogP contribution < -0.4 is 21.3 Å². The molecular weight excluding hydrogens is 807 g/mol. The van der Waals surface area contributed by atoms with E-state index in [9.17, 15) is 38.2 Å². The van der Waals surface area contributed by atoms with Gasteiger partial charge in [0.1, 0.15) is 23.7 Å². The first kappa shape index (κ1) is 46.5. The molecule has 0 bridgehead atoms. The van der Waals surface area contributed by atoms with Crippen molar-refractivity contribution in [3.63, 3.8) is 0 Å². The zero-order valence-electron chi connectivity index (χ0n) is 36.5. The molecule has 10 atom stereocenters. The summed E-state index contributed by atoms with van der Waals surface area (Å²) in [5.74, 6) is -2.70. The van der Waals surface area contributed by atoms with Gasteiger partial charge in [-0.25, -0.2) is 8.78 Å². The van der Waals surface area contributed by atoms with Gasteiger partial charge >= 0.3 is 0 Å². The van der Waals surface area contributed by atoms with Gasteiger partial charge in [0.15, 0.2) is 0 Å². The largest absolute Gasteiger partial charge is 0.391 e. The number of nitrogens with one attached hydrogen (secondary N) is 6. The highest BCUT2D eigenvalue weighted by molar-refractivity contribution is 5.97. The fourth-order valence-electron chi connectivity index (χ4n) is 8.65. The Morgan fingerprint density at radius 2 is 1.06 bits per heavy atom. The van der Waals surface area contributed by atoms with Crippen molar-refractivity contribution < 1.29 is 47.6 Å². The van der Waals surface area contributed by atoms with Crippen LogP contribution in [0.4, 0.5) is 8.78 Å². The molecule has 2 aromatic carbocycles. The minimum Gasteiger partial charge on any atom is -0.391 e. The van der Waals surface area contributed by atoms with Crippen LogP contribution in [0.25, 0.3) is 33.2 Å². The summed E-state index contributed by atoms with van der Waals surface area (Å²) in [5, 5.41) is 35.6. The predicted octanol–water partition coefficient (Wildman–Crippen LogP) is 1.86. The Bertz CT molecular complexity index is 2110. The Balaban J connectivity index is 1.43. The number of likely N-dealkylation sites (N-methyl/N-ethyl adjacent to an activating group) is 2. The predicted molar refractivity (Wildman–Crippen MR) is 229 cm³/mol. The van der Waals surface area contributed by atoms with E-state index in [0.29, 0.717) is 44.3 Å². The van der Waals surface area contributed by atoms with E-state index in [0.717, 1.165) is 0 Å². The van der Waals surface area contributed by atoms with E-state index in [1.165, 1.54) is 38.5 Å². The number of methoxy groups -OCH3 is 2. The van der Waals surface area contributed by atoms with E-state index >= 15 is 0 Å². The molecule has 2 unspecified atom stereocenters. The van der Waals surface area contributed by atoms with Gasteiger partial charge in [0.05, 0.1) is 60.0 Å². The van der Waals surface area contributed by atoms with Crippen LogP contribution in [0.1, 0.15) is 51.7 Å².